The van der Waals surface area contributed by atoms with Crippen molar-refractivity contribution in [3.05, 3.63) is 25.7 Å². The van der Waals surface area contributed by atoms with Crippen LogP contribution in [0.1, 0.15) is 0 Å². The van der Waals surface area contributed by atoms with Gasteiger partial charge in [0.2, 0.25) is 8.32 Å². The minimum atomic E-state index is -2.21. The molecule has 0 amide bonds. The van der Waals surface area contributed by atoms with E-state index >= 15 is 0 Å². The van der Waals surface area contributed by atoms with Crippen molar-refractivity contribution in [2.24, 2.45) is 0 Å². The van der Waals surface area contributed by atoms with Crippen molar-refractivity contribution in [3.8, 4) is 0 Å². The van der Waals surface area contributed by atoms with Gasteiger partial charge in [-0.1, -0.05) is 26.3 Å². The van der Waals surface area contributed by atoms with E-state index in [0.717, 1.165) is 18.2 Å². The Labute approximate surface area is 153 Å². The maximum Gasteiger partial charge on any atom is 0.513 e. The van der Waals surface area contributed by atoms with Crippen molar-refractivity contribution in [3.63, 3.8) is 0 Å². The first kappa shape index (κ1) is 23.6. The van der Waals surface area contributed by atoms with Crippen molar-refractivity contribution in [2.45, 2.75) is 44.9 Å². The number of carbonyl (C=O) groups is 2. The molecular weight excluding hydrogens is 376 g/mol. The topological polar surface area (TPSA) is 80.3 Å². The Kier molecular flexibility index (Phi) is 9.40. The second-order valence-corrected chi connectivity index (χ2v) is 21.8. The van der Waals surface area contributed by atoms with E-state index in [-0.39, 0.29) is 6.23 Å². The lowest BCUT2D eigenvalue weighted by Gasteiger charge is -2.37. The first-order chi connectivity index (χ1) is 11.3. The van der Waals surface area contributed by atoms with Gasteiger partial charge in [0.1, 0.15) is 6.23 Å². The molecule has 0 spiro atoms. The molecule has 10 heteroatoms. The standard InChI is InChI=1S/C15H30O7Si3/c1-9-18-14(16)20-11-23(3,4)13-25(7,8)22-24(5,6)12-21-15(17)19-10-2/h9-10H,1-2,11-13H2,3-8H3. The van der Waals surface area contributed by atoms with Crippen LogP contribution in [0.4, 0.5) is 9.59 Å². The van der Waals surface area contributed by atoms with Gasteiger partial charge in [-0.05, 0) is 31.9 Å². The van der Waals surface area contributed by atoms with E-state index in [0.29, 0.717) is 6.23 Å². The lowest BCUT2D eigenvalue weighted by atomic mass is 11.1. The van der Waals surface area contributed by atoms with E-state index in [1.807, 2.05) is 13.1 Å². The summed E-state index contributed by atoms with van der Waals surface area (Å²) in [6, 6.07) is 0. The van der Waals surface area contributed by atoms with Gasteiger partial charge in [-0.15, -0.1) is 0 Å². The molecule has 7 nitrogen and oxygen atoms in total. The third-order valence-corrected chi connectivity index (χ3v) is 16.4. The van der Waals surface area contributed by atoms with Gasteiger partial charge in [-0.3, -0.25) is 0 Å². The molecular formula is C15H30O7Si3. The zero-order valence-corrected chi connectivity index (χ0v) is 19.0. The summed E-state index contributed by atoms with van der Waals surface area (Å²) in [4.78, 5) is 22.6. The van der Waals surface area contributed by atoms with E-state index in [1.165, 1.54) is 0 Å². The Morgan fingerprint density at radius 3 is 1.68 bits per heavy atom. The van der Waals surface area contributed by atoms with Crippen LogP contribution >= 0.6 is 0 Å². The van der Waals surface area contributed by atoms with Crippen LogP contribution in [0.2, 0.25) is 44.9 Å². The largest absolute Gasteiger partial charge is 0.513 e. The molecule has 0 rings (SSSR count). The van der Waals surface area contributed by atoms with Crippen molar-refractivity contribution in [1.29, 1.82) is 0 Å². The van der Waals surface area contributed by atoms with Gasteiger partial charge in [0.25, 0.3) is 0 Å². The van der Waals surface area contributed by atoms with Crippen LogP contribution < -0.4 is 0 Å². The van der Waals surface area contributed by atoms with Crippen molar-refractivity contribution in [2.75, 3.05) is 12.5 Å². The zero-order valence-electron chi connectivity index (χ0n) is 16.0. The van der Waals surface area contributed by atoms with Gasteiger partial charge in [-0.2, -0.15) is 0 Å². The molecule has 0 aromatic carbocycles. The fourth-order valence-electron chi connectivity index (χ4n) is 2.71. The molecule has 0 atom stereocenters. The number of ether oxygens (including phenoxy) is 4. The lowest BCUT2D eigenvalue weighted by molar-refractivity contribution is 0.0955. The van der Waals surface area contributed by atoms with E-state index in [4.69, 9.17) is 13.6 Å². The van der Waals surface area contributed by atoms with Gasteiger partial charge in [0.15, 0.2) is 8.32 Å². The van der Waals surface area contributed by atoms with Crippen LogP contribution in [0, 0.1) is 0 Å². The third kappa shape index (κ3) is 11.8. The Morgan fingerprint density at radius 1 is 0.800 bits per heavy atom. The van der Waals surface area contributed by atoms with Crippen LogP contribution in [-0.2, 0) is 23.1 Å². The molecule has 0 aromatic heterocycles. The lowest BCUT2D eigenvalue weighted by Crippen LogP contribution is -2.52. The number of hydrogen-bond donors (Lipinski definition) is 0. The highest BCUT2D eigenvalue weighted by Crippen LogP contribution is 2.25. The fourth-order valence-corrected chi connectivity index (χ4v) is 20.5. The smallest absolute Gasteiger partial charge is 0.454 e. The first-order valence-electron chi connectivity index (χ1n) is 7.91. The number of hydrogen-bond acceptors (Lipinski definition) is 7. The molecule has 144 valence electrons. The minimum Gasteiger partial charge on any atom is -0.454 e. The molecule has 0 N–H and O–H groups in total. The van der Waals surface area contributed by atoms with E-state index in [1.54, 1.807) is 0 Å². The number of rotatable bonds is 10. The van der Waals surface area contributed by atoms with Crippen molar-refractivity contribution < 1.29 is 32.7 Å². The maximum absolute atomic E-state index is 11.3. The van der Waals surface area contributed by atoms with Crippen LogP contribution in [-0.4, -0.2) is 49.5 Å². The maximum atomic E-state index is 11.3. The van der Waals surface area contributed by atoms with E-state index < -0.39 is 37.0 Å². The normalized spacial score (nSPS) is 12.1. The molecule has 0 fully saturated rings. The van der Waals surface area contributed by atoms with Crippen LogP contribution in [0.3, 0.4) is 0 Å². The molecule has 0 aromatic rings. The molecule has 0 saturated carbocycles. The SMILES string of the molecule is C=COC(=O)OC[Si](C)(C)C[Si](C)(C)O[Si](C)(C)COC(=O)OC=C. The quantitative estimate of drug-likeness (QED) is 0.303. The highest BCUT2D eigenvalue weighted by atomic mass is 28.4. The molecule has 0 aliphatic carbocycles. The highest BCUT2D eigenvalue weighted by molar-refractivity contribution is 6.96. The minimum absolute atomic E-state index is 0.209. The summed E-state index contributed by atoms with van der Waals surface area (Å²) in [6.45, 7) is 19.1. The molecule has 0 heterocycles. The summed E-state index contributed by atoms with van der Waals surface area (Å²) in [5.41, 5.74) is 0.898. The van der Waals surface area contributed by atoms with Crippen molar-refractivity contribution >= 4 is 37.0 Å². The van der Waals surface area contributed by atoms with Gasteiger partial charge >= 0.3 is 12.3 Å². The second kappa shape index (κ2) is 9.94. The zero-order chi connectivity index (χ0) is 19.7. The second-order valence-electron chi connectivity index (χ2n) is 7.61. The van der Waals surface area contributed by atoms with Crippen molar-refractivity contribution in [1.82, 2.24) is 0 Å². The van der Waals surface area contributed by atoms with Gasteiger partial charge < -0.3 is 23.1 Å². The fraction of sp³-hybridized carbons (Fsp3) is 0.600. The molecule has 0 bridgehead atoms. The molecule has 25 heavy (non-hydrogen) atoms. The summed E-state index contributed by atoms with van der Waals surface area (Å²) in [5.74, 6) is 0. The van der Waals surface area contributed by atoms with E-state index in [9.17, 15) is 9.59 Å². The Balaban J connectivity index is 4.61. The van der Waals surface area contributed by atoms with Crippen LogP contribution in [0.5, 0.6) is 0 Å². The monoisotopic (exact) mass is 406 g/mol. The Hall–Kier alpha value is -1.37. The Morgan fingerprint density at radius 2 is 1.24 bits per heavy atom. The highest BCUT2D eigenvalue weighted by Gasteiger charge is 2.40. The summed E-state index contributed by atoms with van der Waals surface area (Å²) in [6.07, 6.45) is 1.12. The van der Waals surface area contributed by atoms with Crippen LogP contribution in [0.15, 0.2) is 25.7 Å². The summed E-state index contributed by atoms with van der Waals surface area (Å²) in [7, 11) is -6.07. The first-order valence-corrected chi connectivity index (χ1v) is 17.6. The molecule has 0 saturated heterocycles. The van der Waals surface area contributed by atoms with Gasteiger partial charge in [-0.25, -0.2) is 9.59 Å². The third-order valence-electron chi connectivity index (χ3n) is 2.93. The Bertz CT molecular complexity index is 448. The van der Waals surface area contributed by atoms with Crippen LogP contribution in [0.25, 0.3) is 0 Å². The van der Waals surface area contributed by atoms with E-state index in [2.05, 4.69) is 48.8 Å². The average molecular weight is 407 g/mol. The number of carbonyl (C=O) groups excluding carboxylic acids is 2. The molecule has 0 unspecified atom stereocenters. The average Bonchev–Trinajstić information content (AvgIpc) is 2.41. The summed E-state index contributed by atoms with van der Waals surface area (Å²) >= 11 is 0. The molecule has 0 aliphatic rings. The summed E-state index contributed by atoms with van der Waals surface area (Å²) in [5, 5.41) is 0. The predicted octanol–water partition coefficient (Wildman–Crippen LogP) is 4.33. The van der Waals surface area contributed by atoms with Gasteiger partial charge in [0.05, 0.1) is 26.8 Å². The summed E-state index contributed by atoms with van der Waals surface area (Å²) < 4.78 is 25.7. The molecule has 0 radical (unpaired) electrons. The van der Waals surface area contributed by atoms with Gasteiger partial charge in [0, 0.05) is 0 Å². The molecule has 0 aliphatic heterocycles. The predicted molar refractivity (Wildman–Crippen MR) is 104 cm³/mol.